The van der Waals surface area contributed by atoms with E-state index in [2.05, 4.69) is 375 Å². The molecule has 17 rings (SSSR count). The first-order valence-electron chi connectivity index (χ1n) is 38.0. The second-order valence-electron chi connectivity index (χ2n) is 37.9. The van der Waals surface area contributed by atoms with Gasteiger partial charge in [-0.15, -0.1) is 0 Å². The average Bonchev–Trinajstić information content (AvgIpc) is 1.46. The van der Waals surface area contributed by atoms with Gasteiger partial charge in [0.1, 0.15) is 0 Å². The zero-order chi connectivity index (χ0) is 75.6. The first-order valence-corrected chi connectivity index (χ1v) is 39.1. The molecule has 10 aromatic carbocycles. The molecular weight excluding hydrogens is 1400 g/mol. The molecule has 0 fully saturated rings. The van der Waals surface area contributed by atoms with Crippen molar-refractivity contribution in [1.29, 1.82) is 10.5 Å². The molecule has 0 amide bonds. The Morgan fingerprint density at radius 3 is 0.953 bits per heavy atom. The van der Waals surface area contributed by atoms with E-state index in [1.54, 1.807) is 0 Å². The van der Waals surface area contributed by atoms with E-state index >= 15 is 0 Å². The highest BCUT2D eigenvalue weighted by Gasteiger charge is 2.42. The van der Waals surface area contributed by atoms with Gasteiger partial charge < -0.3 is 18.3 Å². The molecule has 6 nitrogen and oxygen atoms in total. The summed E-state index contributed by atoms with van der Waals surface area (Å²) in [6, 6.07) is 73.2. The van der Waals surface area contributed by atoms with Crippen LogP contribution in [-0.2, 0) is 35.9 Å². The molecule has 0 saturated heterocycles. The number of nitriles is 2. The Morgan fingerprint density at radius 1 is 0.340 bits per heavy atom. The molecular formula is C99H99IN6. The molecule has 532 valence electrons. The van der Waals surface area contributed by atoms with Gasteiger partial charge in [-0.05, 0) is 217 Å². The Kier molecular flexibility index (Phi) is 15.8. The van der Waals surface area contributed by atoms with Crippen molar-refractivity contribution < 1.29 is 0 Å². The number of halogens is 1. The lowest BCUT2D eigenvalue weighted by Crippen LogP contribution is -2.32. The van der Waals surface area contributed by atoms with Gasteiger partial charge in [-0.25, -0.2) is 0 Å². The Bertz CT molecular complexity index is 6110. The molecule has 1 atom stereocenters. The number of fused-ring (bicyclic) bond motifs is 10. The molecule has 6 heterocycles. The summed E-state index contributed by atoms with van der Waals surface area (Å²) in [7, 11) is 0. The topological polar surface area (TPSA) is 67.3 Å². The largest absolute Gasteiger partial charge is 0.306 e. The predicted octanol–water partition coefficient (Wildman–Crippen LogP) is 27.5. The van der Waals surface area contributed by atoms with Crippen molar-refractivity contribution in [3.63, 3.8) is 0 Å². The van der Waals surface area contributed by atoms with Crippen LogP contribution in [0, 0.1) is 34.0 Å². The fraction of sp³-hybridized carbons (Fsp3) is 0.313. The molecule has 4 aromatic heterocycles. The molecule has 106 heavy (non-hydrogen) atoms. The third kappa shape index (κ3) is 11.1. The lowest BCUT2D eigenvalue weighted by molar-refractivity contribution is 0.359. The van der Waals surface area contributed by atoms with Gasteiger partial charge in [-0.2, -0.15) is 10.5 Å². The maximum atomic E-state index is 11.1. The average molecular weight is 1500 g/mol. The summed E-state index contributed by atoms with van der Waals surface area (Å²) in [5.41, 5.74) is 27.2. The van der Waals surface area contributed by atoms with Gasteiger partial charge in [-0.1, -0.05) is 246 Å². The van der Waals surface area contributed by atoms with E-state index in [0.717, 1.165) is 100 Å². The number of rotatable bonds is 5. The van der Waals surface area contributed by atoms with Crippen LogP contribution in [0.4, 0.5) is 0 Å². The summed E-state index contributed by atoms with van der Waals surface area (Å²) in [4.78, 5) is 0. The van der Waals surface area contributed by atoms with Crippen molar-refractivity contribution in [2.75, 3.05) is 0 Å². The van der Waals surface area contributed by atoms with E-state index in [1.807, 2.05) is 24.3 Å². The molecule has 0 spiro atoms. The summed E-state index contributed by atoms with van der Waals surface area (Å²) in [6.45, 7) is 51.8. The van der Waals surface area contributed by atoms with Crippen LogP contribution in [0.25, 0.3) is 133 Å². The smallest absolute Gasteiger partial charge is 0.0991 e. The molecule has 0 N–H and O–H groups in total. The number of alkyl halides is 1. The molecule has 6 bridgehead atoms. The number of hydrogen-bond donors (Lipinski definition) is 0. The molecule has 14 aromatic rings. The summed E-state index contributed by atoms with van der Waals surface area (Å²) in [5, 5.41) is 30.3. The zero-order valence-corrected chi connectivity index (χ0v) is 68.3. The van der Waals surface area contributed by atoms with Gasteiger partial charge >= 0.3 is 0 Å². The van der Waals surface area contributed by atoms with E-state index in [4.69, 9.17) is 0 Å². The first-order chi connectivity index (χ1) is 49.7. The van der Waals surface area contributed by atoms with Crippen LogP contribution in [0.15, 0.2) is 188 Å². The van der Waals surface area contributed by atoms with Gasteiger partial charge in [0.05, 0.1) is 90.3 Å². The highest BCUT2D eigenvalue weighted by Crippen LogP contribution is 2.58. The van der Waals surface area contributed by atoms with E-state index in [-0.39, 0.29) is 41.8 Å². The standard InChI is InChI=1S/C99H99IN6/c1-92(2,3)61-31-39-78-68(47-61)69-48-62(93(4,5)6)32-40-79(69)103(78)88-86(59-27-23-57(55-101)24-28-59)90-91(87(60-29-25-58(56-102)26-30-60)89(88)105-81-42-34-64(95(10,11)12)50-71(81)74-53-67(99(21,22)100)37-45-84(74)105)106-82-43-35-65(96(13,14)15)51-72(82)75-54-77(97(16,17)18)76(38-46-85(75)106)98(19,20)66-36-44-83-73(52-66)70-49-63(94(7,8)9)33-41-80(70)104(83)90/h23-54,76H,1-22H3. The summed E-state index contributed by atoms with van der Waals surface area (Å²) in [5.74, 6) is -0.0311. The monoisotopic (exact) mass is 1500 g/mol. The minimum Gasteiger partial charge on any atom is -0.306 e. The minimum absolute atomic E-state index is 0.0311. The van der Waals surface area contributed by atoms with Crippen molar-refractivity contribution >= 4 is 111 Å². The van der Waals surface area contributed by atoms with Crippen LogP contribution >= 0.6 is 22.6 Å². The van der Waals surface area contributed by atoms with Crippen LogP contribution in [0.3, 0.4) is 0 Å². The van der Waals surface area contributed by atoms with Crippen LogP contribution in [0.5, 0.6) is 0 Å². The SMILES string of the molecule is CC(C)(C)C1=Cc2c3n(c4ccc(C(C)(C)C)cc24)-c2c(-c4ccc(C#N)cc4)c(-n4c5ccc(C(C)(C)C)cc5c5cc(C(C)(C)I)ccc54)c(-n4c5ccc(C(C)(C)C)cc5c5cc(C(C)(C)C)ccc54)c(-c4ccc(C#N)cc4)c2-n2c4ccc(C(C)(C)C)cc4c4cc(ccc42)C(C)(C)C1C=C3. The van der Waals surface area contributed by atoms with Crippen LogP contribution in [0.2, 0.25) is 0 Å². The highest BCUT2D eigenvalue weighted by atomic mass is 127. The summed E-state index contributed by atoms with van der Waals surface area (Å²) in [6.07, 6.45) is 7.66. The third-order valence-corrected chi connectivity index (χ3v) is 24.3. The quantitative estimate of drug-likeness (QED) is 0.127. The fourth-order valence-corrected chi connectivity index (χ4v) is 17.7. The zero-order valence-electron chi connectivity index (χ0n) is 66.1. The molecule has 1 unspecified atom stereocenters. The molecule has 1 aliphatic carbocycles. The van der Waals surface area contributed by atoms with E-state index in [0.29, 0.717) is 11.1 Å². The molecule has 2 aliphatic heterocycles. The van der Waals surface area contributed by atoms with Crippen molar-refractivity contribution in [3.05, 3.63) is 249 Å². The van der Waals surface area contributed by atoms with Gasteiger partial charge in [0.15, 0.2) is 0 Å². The molecule has 7 heteroatoms. The molecule has 3 aliphatic rings. The van der Waals surface area contributed by atoms with Crippen molar-refractivity contribution in [1.82, 2.24) is 18.3 Å². The lowest BCUT2D eigenvalue weighted by atomic mass is 9.64. The Labute approximate surface area is 640 Å². The van der Waals surface area contributed by atoms with Gasteiger partial charge in [0.2, 0.25) is 0 Å². The maximum absolute atomic E-state index is 11.1. The Balaban J connectivity index is 1.32. The van der Waals surface area contributed by atoms with E-state index < -0.39 is 5.41 Å². The maximum Gasteiger partial charge on any atom is 0.0991 e. The Hall–Kier alpha value is -9.67. The van der Waals surface area contributed by atoms with Crippen LogP contribution < -0.4 is 0 Å². The number of benzene rings is 10. The Morgan fingerprint density at radius 2 is 0.632 bits per heavy atom. The fourth-order valence-electron chi connectivity index (χ4n) is 17.4. The van der Waals surface area contributed by atoms with Gasteiger partial charge in [-0.3, -0.25) is 0 Å². The normalized spacial score (nSPS) is 15.1. The summed E-state index contributed by atoms with van der Waals surface area (Å²) < 4.78 is 10.4. The number of aromatic nitrogens is 4. The van der Waals surface area contributed by atoms with Crippen LogP contribution in [-0.4, -0.2) is 18.3 Å². The van der Waals surface area contributed by atoms with E-state index in [9.17, 15) is 10.5 Å². The van der Waals surface area contributed by atoms with Crippen LogP contribution in [0.1, 0.15) is 214 Å². The third-order valence-electron chi connectivity index (χ3n) is 23.7. The van der Waals surface area contributed by atoms with Gasteiger partial charge in [0, 0.05) is 63.7 Å². The van der Waals surface area contributed by atoms with Crippen molar-refractivity contribution in [2.45, 2.75) is 188 Å². The first kappa shape index (κ1) is 70.6. The second-order valence-corrected chi connectivity index (χ2v) is 40.6. The molecule has 0 saturated carbocycles. The number of hydrogen-bond acceptors (Lipinski definition) is 2. The van der Waals surface area contributed by atoms with Crippen molar-refractivity contribution in [2.24, 2.45) is 11.3 Å². The molecule has 0 radical (unpaired) electrons. The van der Waals surface area contributed by atoms with E-state index in [1.165, 1.54) is 77.0 Å². The van der Waals surface area contributed by atoms with Gasteiger partial charge in [0.25, 0.3) is 0 Å². The second kappa shape index (κ2) is 23.7. The van der Waals surface area contributed by atoms with Crippen molar-refractivity contribution in [3.8, 4) is 57.1 Å². The lowest BCUT2D eigenvalue weighted by Gasteiger charge is -2.39. The predicted molar refractivity (Wildman–Crippen MR) is 460 cm³/mol. The number of allylic oxidation sites excluding steroid dienone is 2. The highest BCUT2D eigenvalue weighted by molar-refractivity contribution is 14.1. The minimum atomic E-state index is -0.408. The number of nitrogens with zero attached hydrogens (tertiary/aromatic N) is 6. The summed E-state index contributed by atoms with van der Waals surface area (Å²) >= 11 is 2.63.